The van der Waals surface area contributed by atoms with E-state index in [0.29, 0.717) is 6.42 Å². The van der Waals surface area contributed by atoms with Crippen LogP contribution >= 0.6 is 0 Å². The van der Waals surface area contributed by atoms with E-state index in [4.69, 9.17) is 5.11 Å². The maximum Gasteiger partial charge on any atom is 0.321 e. The van der Waals surface area contributed by atoms with Crippen LogP contribution in [-0.4, -0.2) is 27.3 Å². The number of phenolic OH excluding ortho intramolecular Hbond substituents is 2. The monoisotopic (exact) mass is 237 g/mol. The van der Waals surface area contributed by atoms with Crippen LogP contribution in [-0.2, 0) is 11.2 Å². The van der Waals surface area contributed by atoms with Crippen LogP contribution in [0.25, 0.3) is 0 Å². The largest absolute Gasteiger partial charge is 0.504 e. The minimum absolute atomic E-state index is 0.105. The second kappa shape index (κ2) is 4.25. The van der Waals surface area contributed by atoms with Crippen molar-refractivity contribution < 1.29 is 20.1 Å². The molecule has 1 aliphatic rings. The zero-order chi connectivity index (χ0) is 12.6. The zero-order valence-electron chi connectivity index (χ0n) is 9.47. The van der Waals surface area contributed by atoms with Crippen LogP contribution in [0.3, 0.4) is 0 Å². The van der Waals surface area contributed by atoms with E-state index in [1.54, 1.807) is 0 Å². The zero-order valence-corrected chi connectivity index (χ0v) is 9.47. The van der Waals surface area contributed by atoms with Crippen molar-refractivity contribution in [3.63, 3.8) is 0 Å². The first-order valence-electron chi connectivity index (χ1n) is 5.56. The molecule has 2 rings (SSSR count). The van der Waals surface area contributed by atoms with Gasteiger partial charge in [-0.25, -0.2) is 0 Å². The quantitative estimate of drug-likeness (QED) is 0.579. The van der Waals surface area contributed by atoms with E-state index in [2.05, 4.69) is 5.32 Å². The molecule has 0 aromatic heterocycles. The number of benzene rings is 1. The molecule has 0 amide bonds. The van der Waals surface area contributed by atoms with Gasteiger partial charge in [0.05, 0.1) is 0 Å². The van der Waals surface area contributed by atoms with E-state index < -0.39 is 12.0 Å². The van der Waals surface area contributed by atoms with E-state index in [-0.39, 0.29) is 17.5 Å². The highest BCUT2D eigenvalue weighted by atomic mass is 16.4. The Morgan fingerprint density at radius 3 is 2.65 bits per heavy atom. The fourth-order valence-corrected chi connectivity index (χ4v) is 2.25. The predicted octanol–water partition coefficient (Wildman–Crippen LogP) is 1.15. The summed E-state index contributed by atoms with van der Waals surface area (Å²) < 4.78 is 0. The summed E-state index contributed by atoms with van der Waals surface area (Å²) in [6.45, 7) is 1.94. The van der Waals surface area contributed by atoms with Crippen LogP contribution in [0.1, 0.15) is 30.5 Å². The molecule has 5 heteroatoms. The summed E-state index contributed by atoms with van der Waals surface area (Å²) in [6, 6.07) is 2.20. The molecule has 5 nitrogen and oxygen atoms in total. The third-order valence-electron chi connectivity index (χ3n) is 3.14. The first-order valence-corrected chi connectivity index (χ1v) is 5.56. The Hall–Kier alpha value is -1.75. The highest BCUT2D eigenvalue weighted by Gasteiger charge is 2.30. The topological polar surface area (TPSA) is 89.8 Å². The molecule has 1 aromatic carbocycles. The van der Waals surface area contributed by atoms with Crippen LogP contribution in [0.2, 0.25) is 0 Å². The Morgan fingerprint density at radius 1 is 1.41 bits per heavy atom. The molecule has 0 radical (unpaired) electrons. The lowest BCUT2D eigenvalue weighted by atomic mass is 9.88. The van der Waals surface area contributed by atoms with Crippen molar-refractivity contribution in [2.75, 3.05) is 0 Å². The van der Waals surface area contributed by atoms with Gasteiger partial charge in [0.2, 0.25) is 0 Å². The van der Waals surface area contributed by atoms with Gasteiger partial charge in [-0.15, -0.1) is 0 Å². The summed E-state index contributed by atoms with van der Waals surface area (Å²) >= 11 is 0. The molecular formula is C12H15NO4. The lowest BCUT2D eigenvalue weighted by Crippen LogP contribution is -2.44. The summed E-state index contributed by atoms with van der Waals surface area (Å²) in [5.41, 5.74) is 1.64. The van der Waals surface area contributed by atoms with Crippen molar-refractivity contribution in [2.45, 2.75) is 31.8 Å². The van der Waals surface area contributed by atoms with Gasteiger partial charge in [-0.05, 0) is 36.1 Å². The number of carboxylic acid groups (broad SMARTS) is 1. The van der Waals surface area contributed by atoms with Crippen molar-refractivity contribution in [1.82, 2.24) is 5.32 Å². The second-order valence-corrected chi connectivity index (χ2v) is 4.26. The third kappa shape index (κ3) is 2.06. The van der Waals surface area contributed by atoms with Crippen LogP contribution in [0.5, 0.6) is 11.5 Å². The Labute approximate surface area is 98.7 Å². The van der Waals surface area contributed by atoms with Gasteiger partial charge in [-0.3, -0.25) is 10.1 Å². The van der Waals surface area contributed by atoms with Gasteiger partial charge in [0, 0.05) is 6.04 Å². The normalized spacial score (nSPS) is 23.1. The van der Waals surface area contributed by atoms with Crippen molar-refractivity contribution in [2.24, 2.45) is 0 Å². The van der Waals surface area contributed by atoms with Crippen LogP contribution < -0.4 is 5.32 Å². The van der Waals surface area contributed by atoms with Crippen molar-refractivity contribution in [1.29, 1.82) is 0 Å². The molecule has 1 aliphatic heterocycles. The molecule has 0 fully saturated rings. The van der Waals surface area contributed by atoms with Gasteiger partial charge < -0.3 is 15.3 Å². The lowest BCUT2D eigenvalue weighted by molar-refractivity contribution is -0.139. The molecule has 0 bridgehead atoms. The minimum atomic E-state index is -0.901. The van der Waals surface area contributed by atoms with Gasteiger partial charge in [-0.1, -0.05) is 6.92 Å². The van der Waals surface area contributed by atoms with Gasteiger partial charge in [0.1, 0.15) is 6.04 Å². The number of fused-ring (bicyclic) bond motifs is 1. The number of hydrogen-bond donors (Lipinski definition) is 4. The van der Waals surface area contributed by atoms with E-state index in [9.17, 15) is 15.0 Å². The van der Waals surface area contributed by atoms with E-state index >= 15 is 0 Å². The van der Waals surface area contributed by atoms with E-state index in [0.717, 1.165) is 17.5 Å². The summed E-state index contributed by atoms with van der Waals surface area (Å²) in [6.07, 6.45) is 1.04. The average molecular weight is 237 g/mol. The van der Waals surface area contributed by atoms with Gasteiger partial charge in [0.15, 0.2) is 11.5 Å². The molecule has 92 valence electrons. The number of nitrogens with one attached hydrogen (secondary N) is 1. The average Bonchev–Trinajstić information content (AvgIpc) is 2.29. The molecule has 0 aliphatic carbocycles. The number of carboxylic acids is 1. The molecule has 4 N–H and O–H groups in total. The number of carbonyl (C=O) groups is 1. The molecule has 0 saturated carbocycles. The summed E-state index contributed by atoms with van der Waals surface area (Å²) in [4.78, 5) is 11.0. The molecule has 1 heterocycles. The third-order valence-corrected chi connectivity index (χ3v) is 3.14. The molecule has 2 atom stereocenters. The van der Waals surface area contributed by atoms with Gasteiger partial charge in [0.25, 0.3) is 0 Å². The van der Waals surface area contributed by atoms with Crippen LogP contribution in [0.4, 0.5) is 0 Å². The Kier molecular flexibility index (Phi) is 2.93. The molecule has 0 spiro atoms. The fraction of sp³-hybridized carbons (Fsp3) is 0.417. The summed E-state index contributed by atoms with van der Waals surface area (Å²) in [5.74, 6) is -1.27. The molecule has 1 aromatic rings. The maximum atomic E-state index is 11.0. The number of aliphatic carboxylic acids is 1. The van der Waals surface area contributed by atoms with E-state index in [1.807, 2.05) is 6.92 Å². The van der Waals surface area contributed by atoms with Crippen molar-refractivity contribution in [3.05, 3.63) is 23.3 Å². The SMILES string of the molecule is CCC1NC(C(=O)O)Cc2cc(O)c(O)cc21. The Morgan fingerprint density at radius 2 is 2.06 bits per heavy atom. The minimum Gasteiger partial charge on any atom is -0.504 e. The summed E-state index contributed by atoms with van der Waals surface area (Å²) in [7, 11) is 0. The standard InChI is InChI=1S/C12H15NO4/c1-2-8-7-5-11(15)10(14)4-6(7)3-9(13-8)12(16)17/h4-5,8-9,13-15H,2-3H2,1H3,(H,16,17). The van der Waals surface area contributed by atoms with Crippen molar-refractivity contribution >= 4 is 5.97 Å². The number of rotatable bonds is 2. The first kappa shape index (κ1) is 11.7. The van der Waals surface area contributed by atoms with Gasteiger partial charge in [-0.2, -0.15) is 0 Å². The fourth-order valence-electron chi connectivity index (χ4n) is 2.25. The number of phenols is 2. The molecule has 17 heavy (non-hydrogen) atoms. The van der Waals surface area contributed by atoms with Crippen LogP contribution in [0.15, 0.2) is 12.1 Å². The Bertz CT molecular complexity index is 458. The number of aromatic hydroxyl groups is 2. The maximum absolute atomic E-state index is 11.0. The predicted molar refractivity (Wildman–Crippen MR) is 61.1 cm³/mol. The molecule has 0 saturated heterocycles. The highest BCUT2D eigenvalue weighted by Crippen LogP contribution is 2.35. The second-order valence-electron chi connectivity index (χ2n) is 4.26. The molecular weight excluding hydrogens is 222 g/mol. The smallest absolute Gasteiger partial charge is 0.321 e. The lowest BCUT2D eigenvalue weighted by Gasteiger charge is -2.30. The van der Waals surface area contributed by atoms with Gasteiger partial charge >= 0.3 is 5.97 Å². The first-order chi connectivity index (χ1) is 8.02. The van der Waals surface area contributed by atoms with Crippen molar-refractivity contribution in [3.8, 4) is 11.5 Å². The Balaban J connectivity index is 2.44. The molecule has 2 unspecified atom stereocenters. The highest BCUT2D eigenvalue weighted by molar-refractivity contribution is 5.74. The van der Waals surface area contributed by atoms with E-state index in [1.165, 1.54) is 12.1 Å². The number of hydrogen-bond acceptors (Lipinski definition) is 4. The summed E-state index contributed by atoms with van der Waals surface area (Å²) in [5, 5.41) is 31.0. The van der Waals surface area contributed by atoms with Crippen LogP contribution in [0, 0.1) is 0 Å².